The highest BCUT2D eigenvalue weighted by Crippen LogP contribution is 2.31. The van der Waals surface area contributed by atoms with E-state index in [1.54, 1.807) is 0 Å². The Kier molecular flexibility index (Phi) is 8.84. The van der Waals surface area contributed by atoms with Crippen molar-refractivity contribution >= 4 is 5.91 Å². The van der Waals surface area contributed by atoms with E-state index in [9.17, 15) is 4.79 Å². The first-order valence-corrected chi connectivity index (χ1v) is 11.6. The van der Waals surface area contributed by atoms with Gasteiger partial charge in [0, 0.05) is 0 Å². The Morgan fingerprint density at radius 3 is 2.50 bits per heavy atom. The van der Waals surface area contributed by atoms with Crippen molar-refractivity contribution in [2.24, 2.45) is 5.92 Å². The summed E-state index contributed by atoms with van der Waals surface area (Å²) in [7, 11) is 2.19. The van der Waals surface area contributed by atoms with Crippen LogP contribution in [0.1, 0.15) is 50.2 Å². The molecule has 1 fully saturated rings. The molecule has 5 heteroatoms. The first-order valence-electron chi connectivity index (χ1n) is 11.6. The van der Waals surface area contributed by atoms with Gasteiger partial charge in [0.25, 0.3) is 0 Å². The van der Waals surface area contributed by atoms with E-state index in [1.807, 2.05) is 18.2 Å². The number of carbonyl (C=O) groups is 1. The summed E-state index contributed by atoms with van der Waals surface area (Å²) in [6.45, 7) is 6.79. The summed E-state index contributed by atoms with van der Waals surface area (Å²) < 4.78 is 6.06. The van der Waals surface area contributed by atoms with Gasteiger partial charge in [-0.05, 0) is 73.5 Å². The molecule has 0 bridgehead atoms. The van der Waals surface area contributed by atoms with E-state index in [-0.39, 0.29) is 12.5 Å². The molecule has 0 aliphatic carbocycles. The van der Waals surface area contributed by atoms with E-state index in [0.29, 0.717) is 24.9 Å². The lowest BCUT2D eigenvalue weighted by Gasteiger charge is -2.29. The summed E-state index contributed by atoms with van der Waals surface area (Å²) in [5.41, 5.74) is 4.77. The summed E-state index contributed by atoms with van der Waals surface area (Å²) in [4.78, 5) is 14.8. The van der Waals surface area contributed by atoms with Gasteiger partial charge < -0.3 is 15.0 Å². The van der Waals surface area contributed by atoms with Crippen LogP contribution >= 0.6 is 0 Å². The molecule has 0 unspecified atom stereocenters. The molecule has 5 nitrogen and oxygen atoms in total. The van der Waals surface area contributed by atoms with E-state index in [2.05, 4.69) is 67.5 Å². The number of likely N-dealkylation sites (tertiary alicyclic amines) is 1. The molecule has 1 aliphatic heterocycles. The van der Waals surface area contributed by atoms with E-state index in [1.165, 1.54) is 18.4 Å². The number of nitrogens with zero attached hydrogens (tertiary/aromatic N) is 2. The minimum atomic E-state index is -0.566. The average Bonchev–Trinajstić information content (AvgIpc) is 2.81. The average molecular weight is 434 g/mol. The molecule has 2 aromatic rings. The normalized spacial score (nSPS) is 16.0. The van der Waals surface area contributed by atoms with E-state index in [4.69, 9.17) is 10.00 Å². The maximum absolute atomic E-state index is 12.4. The molecule has 1 atom stereocenters. The van der Waals surface area contributed by atoms with Crippen molar-refractivity contribution < 1.29 is 9.53 Å². The van der Waals surface area contributed by atoms with Gasteiger partial charge in [0.2, 0.25) is 5.91 Å². The standard InChI is InChI=1S/C27H35N3O2/c1-20(2)18-26(27(31)29-15-14-28)32-19-24-6-4-5-7-25(24)23-10-8-21(9-11-23)22-12-16-30(3)17-13-22/h4-11,20,22,26H,12-13,15-19H2,1-3H3,(H,29,31)/t26-/m0/s1. The lowest BCUT2D eigenvalue weighted by Crippen LogP contribution is -2.37. The highest BCUT2D eigenvalue weighted by Gasteiger charge is 2.21. The first-order chi connectivity index (χ1) is 15.5. The maximum Gasteiger partial charge on any atom is 0.249 e. The van der Waals surface area contributed by atoms with Gasteiger partial charge in [-0.15, -0.1) is 0 Å². The fourth-order valence-electron chi connectivity index (χ4n) is 4.31. The van der Waals surface area contributed by atoms with Crippen LogP contribution < -0.4 is 5.32 Å². The number of ether oxygens (including phenoxy) is 1. The number of benzene rings is 2. The number of amides is 1. The summed E-state index contributed by atoms with van der Waals surface area (Å²) in [6.07, 6.45) is 2.48. The van der Waals surface area contributed by atoms with Crippen LogP contribution in [0, 0.1) is 17.2 Å². The molecule has 32 heavy (non-hydrogen) atoms. The van der Waals surface area contributed by atoms with Crippen LogP contribution in [0.5, 0.6) is 0 Å². The number of nitrogens with one attached hydrogen (secondary N) is 1. The molecule has 0 radical (unpaired) electrons. The molecule has 0 spiro atoms. The Labute approximate surface area is 192 Å². The van der Waals surface area contributed by atoms with Crippen molar-refractivity contribution in [2.45, 2.75) is 51.7 Å². The lowest BCUT2D eigenvalue weighted by molar-refractivity contribution is -0.134. The Balaban J connectivity index is 1.71. The monoisotopic (exact) mass is 433 g/mol. The third kappa shape index (κ3) is 6.66. The van der Waals surface area contributed by atoms with Gasteiger partial charge in [0.05, 0.1) is 12.7 Å². The second-order valence-electron chi connectivity index (χ2n) is 9.16. The zero-order valence-corrected chi connectivity index (χ0v) is 19.5. The van der Waals surface area contributed by atoms with Crippen LogP contribution in [0.4, 0.5) is 0 Å². The second-order valence-corrected chi connectivity index (χ2v) is 9.16. The van der Waals surface area contributed by atoms with Gasteiger partial charge in [-0.25, -0.2) is 0 Å². The van der Waals surface area contributed by atoms with Gasteiger partial charge in [-0.2, -0.15) is 5.26 Å². The largest absolute Gasteiger partial charge is 0.364 e. The highest BCUT2D eigenvalue weighted by atomic mass is 16.5. The zero-order chi connectivity index (χ0) is 22.9. The number of hydrogen-bond donors (Lipinski definition) is 1. The van der Waals surface area contributed by atoms with Crippen molar-refractivity contribution in [1.82, 2.24) is 10.2 Å². The van der Waals surface area contributed by atoms with Crippen molar-refractivity contribution in [1.29, 1.82) is 5.26 Å². The molecule has 1 aliphatic rings. The van der Waals surface area contributed by atoms with E-state index < -0.39 is 6.10 Å². The number of rotatable bonds is 9. The Bertz CT molecular complexity index is 909. The Morgan fingerprint density at radius 2 is 1.84 bits per heavy atom. The molecule has 1 heterocycles. The van der Waals surface area contributed by atoms with Gasteiger partial charge >= 0.3 is 0 Å². The van der Waals surface area contributed by atoms with E-state index >= 15 is 0 Å². The molecule has 0 aromatic heterocycles. The van der Waals surface area contributed by atoms with Crippen LogP contribution in [0.15, 0.2) is 48.5 Å². The second kappa shape index (κ2) is 11.8. The van der Waals surface area contributed by atoms with Crippen molar-refractivity contribution in [3.8, 4) is 17.2 Å². The minimum absolute atomic E-state index is 0.00297. The summed E-state index contributed by atoms with van der Waals surface area (Å²) in [6, 6.07) is 19.1. The van der Waals surface area contributed by atoms with Crippen LogP contribution in [0.3, 0.4) is 0 Å². The molecule has 3 rings (SSSR count). The quantitative estimate of drug-likeness (QED) is 0.581. The Morgan fingerprint density at radius 1 is 1.16 bits per heavy atom. The summed E-state index contributed by atoms with van der Waals surface area (Å²) in [5.74, 6) is 0.734. The molecule has 2 aromatic carbocycles. The highest BCUT2D eigenvalue weighted by molar-refractivity contribution is 5.81. The van der Waals surface area contributed by atoms with Gasteiger partial charge in [0.15, 0.2) is 0 Å². The Hall–Kier alpha value is -2.68. The van der Waals surface area contributed by atoms with Crippen molar-refractivity contribution in [3.05, 3.63) is 59.7 Å². The predicted molar refractivity (Wildman–Crippen MR) is 128 cm³/mol. The topological polar surface area (TPSA) is 65.4 Å². The SMILES string of the molecule is CC(C)C[C@H](OCc1ccccc1-c1ccc(C2CCN(C)CC2)cc1)C(=O)NCC#N. The number of nitriles is 1. The minimum Gasteiger partial charge on any atom is -0.364 e. The van der Waals surface area contributed by atoms with Gasteiger partial charge in [-0.1, -0.05) is 62.4 Å². The lowest BCUT2D eigenvalue weighted by atomic mass is 9.88. The fraction of sp³-hybridized carbons (Fsp3) is 0.481. The van der Waals surface area contributed by atoms with Crippen molar-refractivity contribution in [3.63, 3.8) is 0 Å². The molecular formula is C27H35N3O2. The fourth-order valence-corrected chi connectivity index (χ4v) is 4.31. The number of hydrogen-bond acceptors (Lipinski definition) is 4. The summed E-state index contributed by atoms with van der Waals surface area (Å²) >= 11 is 0. The summed E-state index contributed by atoms with van der Waals surface area (Å²) in [5, 5.41) is 11.4. The third-order valence-electron chi connectivity index (χ3n) is 6.19. The maximum atomic E-state index is 12.4. The van der Waals surface area contributed by atoms with Crippen LogP contribution in [0.25, 0.3) is 11.1 Å². The van der Waals surface area contributed by atoms with Gasteiger partial charge in [-0.3, -0.25) is 4.79 Å². The smallest absolute Gasteiger partial charge is 0.249 e. The first kappa shape index (κ1) is 24.0. The molecule has 1 N–H and O–H groups in total. The molecule has 0 saturated carbocycles. The predicted octanol–water partition coefficient (Wildman–Crippen LogP) is 4.73. The molecule has 170 valence electrons. The van der Waals surface area contributed by atoms with Crippen LogP contribution in [-0.4, -0.2) is 43.6 Å². The zero-order valence-electron chi connectivity index (χ0n) is 19.5. The number of carbonyl (C=O) groups excluding carboxylic acids is 1. The molecule has 1 saturated heterocycles. The number of piperidine rings is 1. The third-order valence-corrected chi connectivity index (χ3v) is 6.19. The molecule has 1 amide bonds. The van der Waals surface area contributed by atoms with Gasteiger partial charge in [0.1, 0.15) is 12.6 Å². The molecular weight excluding hydrogens is 398 g/mol. The van der Waals surface area contributed by atoms with Crippen LogP contribution in [0.2, 0.25) is 0 Å². The van der Waals surface area contributed by atoms with Crippen molar-refractivity contribution in [2.75, 3.05) is 26.7 Å². The van der Waals surface area contributed by atoms with Crippen LogP contribution in [-0.2, 0) is 16.1 Å². The van der Waals surface area contributed by atoms with E-state index in [0.717, 1.165) is 29.8 Å².